The second-order valence-corrected chi connectivity index (χ2v) is 7.46. The van der Waals surface area contributed by atoms with Gasteiger partial charge in [0.1, 0.15) is 4.90 Å². The van der Waals surface area contributed by atoms with Crippen LogP contribution in [0.3, 0.4) is 0 Å². The van der Waals surface area contributed by atoms with E-state index in [0.29, 0.717) is 14.4 Å². The molecular weight excluding hydrogens is 340 g/mol. The van der Waals surface area contributed by atoms with E-state index in [1.165, 1.54) is 23.6 Å². The van der Waals surface area contributed by atoms with E-state index < -0.39 is 10.0 Å². The fourth-order valence-corrected chi connectivity index (χ4v) is 4.88. The van der Waals surface area contributed by atoms with Gasteiger partial charge in [0.25, 0.3) is 10.0 Å². The molecule has 18 heavy (non-hydrogen) atoms. The van der Waals surface area contributed by atoms with Crippen molar-refractivity contribution in [3.63, 3.8) is 0 Å². The lowest BCUT2D eigenvalue weighted by Crippen LogP contribution is -2.12. The van der Waals surface area contributed by atoms with Gasteiger partial charge in [0.05, 0.1) is 22.3 Å². The van der Waals surface area contributed by atoms with Gasteiger partial charge < -0.3 is 5.11 Å². The average molecular weight is 349 g/mol. The fraction of sp³-hybridized carbons (Fsp3) is 0.100. The summed E-state index contributed by atoms with van der Waals surface area (Å²) in [6.07, 6.45) is 2.98. The van der Waals surface area contributed by atoms with Crippen LogP contribution >= 0.6 is 27.3 Å². The lowest BCUT2D eigenvalue weighted by Gasteiger charge is -2.06. The van der Waals surface area contributed by atoms with Gasteiger partial charge in [-0.2, -0.15) is 0 Å². The second-order valence-electron chi connectivity index (χ2n) is 3.36. The van der Waals surface area contributed by atoms with Crippen LogP contribution in [0.15, 0.2) is 39.3 Å². The molecule has 0 aromatic carbocycles. The molecule has 0 bridgehead atoms. The van der Waals surface area contributed by atoms with Crippen LogP contribution in [0.25, 0.3) is 0 Å². The molecule has 0 aliphatic heterocycles. The average Bonchev–Trinajstić information content (AvgIpc) is 2.72. The highest BCUT2D eigenvalue weighted by Crippen LogP contribution is 2.32. The van der Waals surface area contributed by atoms with E-state index in [2.05, 4.69) is 25.6 Å². The van der Waals surface area contributed by atoms with Crippen molar-refractivity contribution >= 4 is 43.0 Å². The molecule has 0 spiro atoms. The number of aliphatic hydroxyl groups excluding tert-OH is 1. The first kappa shape index (κ1) is 13.5. The normalized spacial score (nSPS) is 11.4. The minimum Gasteiger partial charge on any atom is -0.391 e. The lowest BCUT2D eigenvalue weighted by atomic mass is 10.4. The molecule has 2 N–H and O–H groups in total. The number of rotatable bonds is 4. The number of thiophene rings is 1. The molecule has 96 valence electrons. The van der Waals surface area contributed by atoms with Gasteiger partial charge in [-0.3, -0.25) is 9.71 Å². The number of nitrogens with one attached hydrogen (secondary N) is 1. The van der Waals surface area contributed by atoms with Crippen molar-refractivity contribution in [2.75, 3.05) is 4.72 Å². The van der Waals surface area contributed by atoms with Crippen LogP contribution in [0.2, 0.25) is 0 Å². The summed E-state index contributed by atoms with van der Waals surface area (Å²) in [5, 5.41) is 9.00. The molecule has 5 nitrogen and oxygen atoms in total. The number of pyridine rings is 1. The Balaban J connectivity index is 2.34. The van der Waals surface area contributed by atoms with Gasteiger partial charge >= 0.3 is 0 Å². The van der Waals surface area contributed by atoms with Gasteiger partial charge in [-0.1, -0.05) is 0 Å². The summed E-state index contributed by atoms with van der Waals surface area (Å²) in [5.74, 6) is 0. The number of anilines is 1. The van der Waals surface area contributed by atoms with Gasteiger partial charge in [0.15, 0.2) is 0 Å². The Labute approximate surface area is 117 Å². The molecule has 2 heterocycles. The summed E-state index contributed by atoms with van der Waals surface area (Å²) in [6.45, 7) is -0.189. The van der Waals surface area contributed by atoms with Crippen molar-refractivity contribution in [3.8, 4) is 0 Å². The van der Waals surface area contributed by atoms with E-state index >= 15 is 0 Å². The first-order valence-corrected chi connectivity index (χ1v) is 7.94. The molecule has 0 fully saturated rings. The number of aromatic nitrogens is 1. The highest BCUT2D eigenvalue weighted by Gasteiger charge is 2.20. The van der Waals surface area contributed by atoms with E-state index in [4.69, 9.17) is 5.11 Å². The van der Waals surface area contributed by atoms with E-state index in [0.717, 1.165) is 0 Å². The van der Waals surface area contributed by atoms with E-state index in [1.807, 2.05) is 0 Å². The summed E-state index contributed by atoms with van der Waals surface area (Å²) >= 11 is 4.36. The fourth-order valence-electron chi connectivity index (χ4n) is 1.29. The molecule has 2 rings (SSSR count). The molecule has 0 unspecified atom stereocenters. The van der Waals surface area contributed by atoms with Crippen LogP contribution in [-0.2, 0) is 16.6 Å². The Hall–Kier alpha value is -0.960. The first-order valence-electron chi connectivity index (χ1n) is 4.85. The predicted molar refractivity (Wildman–Crippen MR) is 73.0 cm³/mol. The standard InChI is InChI=1S/C10H9BrN2O3S2/c11-10-9(4-8(6-14)17-10)18(15,16)13-7-2-1-3-12-5-7/h1-5,13-14H,6H2. The molecule has 2 aromatic heterocycles. The zero-order valence-corrected chi connectivity index (χ0v) is 12.2. The monoisotopic (exact) mass is 348 g/mol. The largest absolute Gasteiger partial charge is 0.391 e. The van der Waals surface area contributed by atoms with Crippen LogP contribution in [0.1, 0.15) is 4.88 Å². The Kier molecular flexibility index (Phi) is 4.00. The number of hydrogen-bond donors (Lipinski definition) is 2. The highest BCUT2D eigenvalue weighted by atomic mass is 79.9. The summed E-state index contributed by atoms with van der Waals surface area (Å²) < 4.78 is 27.1. The van der Waals surface area contributed by atoms with E-state index in [1.54, 1.807) is 18.3 Å². The maximum Gasteiger partial charge on any atom is 0.263 e. The van der Waals surface area contributed by atoms with Gasteiger partial charge in [-0.25, -0.2) is 8.42 Å². The quantitative estimate of drug-likeness (QED) is 0.887. The number of aliphatic hydroxyl groups is 1. The molecule has 0 aliphatic rings. The molecule has 0 aliphatic carbocycles. The minimum absolute atomic E-state index is 0.111. The van der Waals surface area contributed by atoms with Crippen LogP contribution in [0.5, 0.6) is 0 Å². The molecule has 8 heteroatoms. The Morgan fingerprint density at radius 1 is 1.50 bits per heavy atom. The summed E-state index contributed by atoms with van der Waals surface area (Å²) in [6, 6.07) is 4.69. The molecule has 2 aromatic rings. The van der Waals surface area contributed by atoms with Crippen LogP contribution in [-0.4, -0.2) is 18.5 Å². The topological polar surface area (TPSA) is 79.3 Å². The molecule has 0 saturated heterocycles. The summed E-state index contributed by atoms with van der Waals surface area (Å²) in [4.78, 5) is 4.52. The van der Waals surface area contributed by atoms with Gasteiger partial charge in [-0.05, 0) is 34.1 Å². The third kappa shape index (κ3) is 2.89. The van der Waals surface area contributed by atoms with Gasteiger partial charge in [0, 0.05) is 11.1 Å². The molecule has 0 radical (unpaired) electrons. The predicted octanol–water partition coefficient (Wildman–Crippen LogP) is 2.20. The number of hydrogen-bond acceptors (Lipinski definition) is 5. The molecule has 0 amide bonds. The van der Waals surface area contributed by atoms with E-state index in [-0.39, 0.29) is 11.5 Å². The SMILES string of the molecule is O=S(=O)(Nc1cccnc1)c1cc(CO)sc1Br. The number of halogens is 1. The summed E-state index contributed by atoms with van der Waals surface area (Å²) in [7, 11) is -3.67. The lowest BCUT2D eigenvalue weighted by molar-refractivity contribution is 0.285. The Morgan fingerprint density at radius 3 is 2.83 bits per heavy atom. The number of sulfonamides is 1. The van der Waals surface area contributed by atoms with Crippen LogP contribution in [0.4, 0.5) is 5.69 Å². The van der Waals surface area contributed by atoms with Gasteiger partial charge in [0.2, 0.25) is 0 Å². The maximum absolute atomic E-state index is 12.1. The molecule has 0 atom stereocenters. The van der Waals surface area contributed by atoms with Crippen molar-refractivity contribution in [1.29, 1.82) is 0 Å². The number of nitrogens with zero attached hydrogens (tertiary/aromatic N) is 1. The van der Waals surface area contributed by atoms with Crippen molar-refractivity contribution in [3.05, 3.63) is 39.3 Å². The van der Waals surface area contributed by atoms with Crippen molar-refractivity contribution in [2.45, 2.75) is 11.5 Å². The smallest absolute Gasteiger partial charge is 0.263 e. The minimum atomic E-state index is -3.67. The van der Waals surface area contributed by atoms with E-state index in [9.17, 15) is 8.42 Å². The zero-order valence-electron chi connectivity index (χ0n) is 9.00. The van der Waals surface area contributed by atoms with Crippen molar-refractivity contribution in [2.24, 2.45) is 0 Å². The Bertz CT molecular complexity index is 640. The second kappa shape index (κ2) is 5.35. The molecule has 0 saturated carbocycles. The van der Waals surface area contributed by atoms with Crippen LogP contribution in [0, 0.1) is 0 Å². The zero-order chi connectivity index (χ0) is 13.2. The maximum atomic E-state index is 12.1. The van der Waals surface area contributed by atoms with Crippen molar-refractivity contribution < 1.29 is 13.5 Å². The third-order valence-electron chi connectivity index (χ3n) is 2.07. The highest BCUT2D eigenvalue weighted by molar-refractivity contribution is 9.11. The van der Waals surface area contributed by atoms with Crippen LogP contribution < -0.4 is 4.72 Å². The first-order chi connectivity index (χ1) is 8.53. The Morgan fingerprint density at radius 2 is 2.28 bits per heavy atom. The third-order valence-corrected chi connectivity index (χ3v) is 5.68. The summed E-state index contributed by atoms with van der Waals surface area (Å²) in [5.41, 5.74) is 0.390. The van der Waals surface area contributed by atoms with Crippen molar-refractivity contribution in [1.82, 2.24) is 4.98 Å². The van der Waals surface area contributed by atoms with Gasteiger partial charge in [-0.15, -0.1) is 11.3 Å². The molecular formula is C10H9BrN2O3S2.